The van der Waals surface area contributed by atoms with Gasteiger partial charge in [0.15, 0.2) is 0 Å². The fourth-order valence-electron chi connectivity index (χ4n) is 2.37. The zero-order chi connectivity index (χ0) is 15.5. The lowest BCUT2D eigenvalue weighted by molar-refractivity contribution is 0.208. The highest BCUT2D eigenvalue weighted by atomic mass is 16.2. The molecule has 0 saturated carbocycles. The first kappa shape index (κ1) is 14.1. The normalized spacial score (nSPS) is 12.1. The summed E-state index contributed by atoms with van der Waals surface area (Å²) in [4.78, 5) is 21.3. The van der Waals surface area contributed by atoms with Crippen LogP contribution >= 0.6 is 0 Å². The number of carbonyl (C=O) groups excluding carboxylic acids is 1. The molecule has 0 bridgehead atoms. The lowest BCUT2D eigenvalue weighted by Gasteiger charge is -2.25. The zero-order valence-corrected chi connectivity index (χ0v) is 12.6. The van der Waals surface area contributed by atoms with Crippen LogP contribution in [-0.2, 0) is 0 Å². The molecule has 2 amide bonds. The van der Waals surface area contributed by atoms with Crippen molar-refractivity contribution < 1.29 is 4.79 Å². The molecule has 22 heavy (non-hydrogen) atoms. The molecule has 0 unspecified atom stereocenters. The molecule has 5 nitrogen and oxygen atoms in total. The second-order valence-corrected chi connectivity index (χ2v) is 5.28. The number of rotatable bonds is 3. The number of aromatic nitrogens is 2. The van der Waals surface area contributed by atoms with Gasteiger partial charge in [0.2, 0.25) is 0 Å². The second-order valence-electron chi connectivity index (χ2n) is 5.28. The van der Waals surface area contributed by atoms with Gasteiger partial charge in [0, 0.05) is 42.2 Å². The number of hydrogen-bond acceptors (Lipinski definition) is 2. The Morgan fingerprint density at radius 2 is 2.18 bits per heavy atom. The van der Waals surface area contributed by atoms with Gasteiger partial charge in [-0.1, -0.05) is 6.07 Å². The predicted octanol–water partition coefficient (Wildman–Crippen LogP) is 3.79. The Bertz CT molecular complexity index is 781. The monoisotopic (exact) mass is 294 g/mol. The van der Waals surface area contributed by atoms with Crippen molar-refractivity contribution in [2.24, 2.45) is 0 Å². The van der Waals surface area contributed by atoms with Crippen LogP contribution in [0.2, 0.25) is 0 Å². The minimum absolute atomic E-state index is 0.0512. The van der Waals surface area contributed by atoms with Crippen LogP contribution in [0.1, 0.15) is 18.5 Å². The van der Waals surface area contributed by atoms with Crippen molar-refractivity contribution in [2.75, 3.05) is 12.4 Å². The van der Waals surface area contributed by atoms with E-state index in [1.54, 1.807) is 24.3 Å². The second kappa shape index (κ2) is 5.89. The van der Waals surface area contributed by atoms with Gasteiger partial charge in [-0.3, -0.25) is 4.98 Å². The van der Waals surface area contributed by atoms with E-state index in [9.17, 15) is 4.79 Å². The molecular weight excluding hydrogens is 276 g/mol. The van der Waals surface area contributed by atoms with Gasteiger partial charge in [0.05, 0.1) is 6.04 Å². The van der Waals surface area contributed by atoms with Crippen LogP contribution in [0.3, 0.4) is 0 Å². The minimum atomic E-state index is -0.147. The van der Waals surface area contributed by atoms with Crippen molar-refractivity contribution in [2.45, 2.75) is 13.0 Å². The Hall–Kier alpha value is -2.82. The van der Waals surface area contributed by atoms with Crippen molar-refractivity contribution in [3.63, 3.8) is 0 Å². The van der Waals surface area contributed by atoms with Gasteiger partial charge in [-0.15, -0.1) is 0 Å². The maximum absolute atomic E-state index is 12.4. The summed E-state index contributed by atoms with van der Waals surface area (Å²) in [7, 11) is 1.78. The van der Waals surface area contributed by atoms with Crippen LogP contribution in [-0.4, -0.2) is 27.9 Å². The van der Waals surface area contributed by atoms with Crippen molar-refractivity contribution in [1.82, 2.24) is 14.9 Å². The van der Waals surface area contributed by atoms with Gasteiger partial charge in [0.1, 0.15) is 0 Å². The number of nitrogens with one attached hydrogen (secondary N) is 2. The van der Waals surface area contributed by atoms with Crippen molar-refractivity contribution in [3.05, 3.63) is 60.6 Å². The first-order valence-electron chi connectivity index (χ1n) is 7.16. The minimum Gasteiger partial charge on any atom is -0.361 e. The smallest absolute Gasteiger partial charge is 0.322 e. The van der Waals surface area contributed by atoms with Gasteiger partial charge in [-0.05, 0) is 42.8 Å². The van der Waals surface area contributed by atoms with Crippen LogP contribution in [0, 0.1) is 0 Å². The molecule has 3 aromatic rings. The molecule has 0 aliphatic heterocycles. The Morgan fingerprint density at radius 3 is 2.95 bits per heavy atom. The SMILES string of the molecule is C[C@@H](c1cccnc1)N(C)C(=O)Nc1ccc2[nH]ccc2c1. The molecule has 0 aliphatic rings. The Morgan fingerprint density at radius 1 is 1.32 bits per heavy atom. The zero-order valence-electron chi connectivity index (χ0n) is 12.6. The Kier molecular flexibility index (Phi) is 3.78. The van der Waals surface area contributed by atoms with Crippen LogP contribution < -0.4 is 5.32 Å². The quantitative estimate of drug-likeness (QED) is 0.772. The van der Waals surface area contributed by atoms with E-state index in [2.05, 4.69) is 15.3 Å². The molecule has 1 aromatic carbocycles. The van der Waals surface area contributed by atoms with Crippen molar-refractivity contribution in [1.29, 1.82) is 0 Å². The molecule has 112 valence electrons. The summed E-state index contributed by atoms with van der Waals surface area (Å²) >= 11 is 0. The molecule has 2 N–H and O–H groups in total. The number of anilines is 1. The highest BCUT2D eigenvalue weighted by Gasteiger charge is 2.17. The third kappa shape index (κ3) is 2.79. The lowest BCUT2D eigenvalue weighted by atomic mass is 10.1. The highest BCUT2D eigenvalue weighted by Crippen LogP contribution is 2.21. The number of carbonyl (C=O) groups is 1. The Balaban J connectivity index is 1.73. The van der Waals surface area contributed by atoms with Crippen LogP contribution in [0.4, 0.5) is 10.5 Å². The number of nitrogens with zero attached hydrogens (tertiary/aromatic N) is 2. The highest BCUT2D eigenvalue weighted by molar-refractivity contribution is 5.92. The fraction of sp³-hybridized carbons (Fsp3) is 0.176. The van der Waals surface area contributed by atoms with E-state index in [1.165, 1.54) is 0 Å². The number of benzene rings is 1. The summed E-state index contributed by atoms with van der Waals surface area (Å²) in [5.74, 6) is 0. The summed E-state index contributed by atoms with van der Waals surface area (Å²) in [6, 6.07) is 11.4. The molecule has 1 atom stereocenters. The topological polar surface area (TPSA) is 61.0 Å². The van der Waals surface area contributed by atoms with E-state index in [0.717, 1.165) is 22.2 Å². The van der Waals surface area contributed by atoms with E-state index in [0.29, 0.717) is 0 Å². The predicted molar refractivity (Wildman–Crippen MR) is 87.7 cm³/mol. The molecule has 0 saturated heterocycles. The van der Waals surface area contributed by atoms with Crippen LogP contribution in [0.25, 0.3) is 10.9 Å². The van der Waals surface area contributed by atoms with E-state index < -0.39 is 0 Å². The van der Waals surface area contributed by atoms with Crippen molar-refractivity contribution >= 4 is 22.6 Å². The number of H-pyrrole nitrogens is 1. The molecule has 5 heteroatoms. The van der Waals surface area contributed by atoms with Crippen LogP contribution in [0.15, 0.2) is 55.0 Å². The number of pyridine rings is 1. The average molecular weight is 294 g/mol. The van der Waals surface area contributed by atoms with Gasteiger partial charge >= 0.3 is 6.03 Å². The summed E-state index contributed by atoms with van der Waals surface area (Å²) in [5, 5.41) is 4.00. The van der Waals surface area contributed by atoms with Crippen LogP contribution in [0.5, 0.6) is 0 Å². The molecule has 0 radical (unpaired) electrons. The van der Waals surface area contributed by atoms with Gasteiger partial charge < -0.3 is 15.2 Å². The fourth-order valence-corrected chi connectivity index (χ4v) is 2.37. The molecule has 3 rings (SSSR count). The summed E-state index contributed by atoms with van der Waals surface area (Å²) in [6.45, 7) is 1.98. The average Bonchev–Trinajstić information content (AvgIpc) is 3.02. The largest absolute Gasteiger partial charge is 0.361 e. The third-order valence-corrected chi connectivity index (χ3v) is 3.87. The summed E-state index contributed by atoms with van der Waals surface area (Å²) in [6.07, 6.45) is 5.38. The molecule has 2 aromatic heterocycles. The van der Waals surface area contributed by atoms with Gasteiger partial charge in [0.25, 0.3) is 0 Å². The first-order valence-corrected chi connectivity index (χ1v) is 7.16. The lowest BCUT2D eigenvalue weighted by Crippen LogP contribution is -2.33. The number of urea groups is 1. The summed E-state index contributed by atoms with van der Waals surface area (Å²) < 4.78 is 0. The molecule has 0 aliphatic carbocycles. The van der Waals surface area contributed by atoms with Gasteiger partial charge in [-0.2, -0.15) is 0 Å². The number of hydrogen-bond donors (Lipinski definition) is 2. The molecule has 0 fully saturated rings. The standard InChI is InChI=1S/C17H18N4O/c1-12(14-4-3-8-18-11-14)21(2)17(22)20-15-5-6-16-13(10-15)7-9-19-16/h3-12,19H,1-2H3,(H,20,22)/t12-/m0/s1. The van der Waals surface area contributed by atoms with E-state index in [-0.39, 0.29) is 12.1 Å². The van der Waals surface area contributed by atoms with Gasteiger partial charge in [-0.25, -0.2) is 4.79 Å². The Labute approximate surface area is 129 Å². The number of amides is 2. The van der Waals surface area contributed by atoms with E-state index >= 15 is 0 Å². The maximum Gasteiger partial charge on any atom is 0.322 e. The van der Waals surface area contributed by atoms with E-state index in [4.69, 9.17) is 0 Å². The molecule has 0 spiro atoms. The first-order chi connectivity index (χ1) is 10.6. The number of aromatic amines is 1. The third-order valence-electron chi connectivity index (χ3n) is 3.87. The molecule has 2 heterocycles. The molecular formula is C17H18N4O. The van der Waals surface area contributed by atoms with Crippen molar-refractivity contribution in [3.8, 4) is 0 Å². The number of fused-ring (bicyclic) bond motifs is 1. The maximum atomic E-state index is 12.4. The summed E-state index contributed by atoms with van der Waals surface area (Å²) in [5.41, 5.74) is 2.83. The van der Waals surface area contributed by atoms with E-state index in [1.807, 2.05) is 49.5 Å².